The first-order chi connectivity index (χ1) is 8.54. The molecule has 1 aromatic heterocycles. The summed E-state index contributed by atoms with van der Waals surface area (Å²) in [6, 6.07) is 9.32. The zero-order valence-corrected chi connectivity index (χ0v) is 15.3. The Morgan fingerprint density at radius 1 is 1.47 bits per heavy atom. The molecule has 0 saturated heterocycles. The molecule has 0 bridgehead atoms. The normalized spacial score (nSPS) is 10.1. The van der Waals surface area contributed by atoms with Gasteiger partial charge in [0.25, 0.3) is 0 Å². The molecule has 0 saturated carbocycles. The van der Waals surface area contributed by atoms with Gasteiger partial charge in [0.1, 0.15) is 5.75 Å². The van der Waals surface area contributed by atoms with Gasteiger partial charge < -0.3 is 9.67 Å². The Morgan fingerprint density at radius 2 is 2.16 bits per heavy atom. The predicted octanol–water partition coefficient (Wildman–Crippen LogP) is 3.45. The van der Waals surface area contributed by atoms with Crippen LogP contribution >= 0.6 is 27.5 Å². The van der Waals surface area contributed by atoms with E-state index in [4.69, 9.17) is 11.6 Å². The third-order valence-corrected chi connectivity index (χ3v) is 3.51. The molecule has 1 aromatic carbocycles. The van der Waals surface area contributed by atoms with E-state index in [1.54, 1.807) is 22.8 Å². The molecule has 0 aliphatic heterocycles. The summed E-state index contributed by atoms with van der Waals surface area (Å²) in [6.45, 7) is 2.36. The van der Waals surface area contributed by atoms with Crippen molar-refractivity contribution >= 4 is 27.5 Å². The van der Waals surface area contributed by atoms with Crippen molar-refractivity contribution in [2.45, 2.75) is 13.5 Å². The number of phenols is 1. The van der Waals surface area contributed by atoms with Crippen molar-refractivity contribution in [3.63, 3.8) is 0 Å². The van der Waals surface area contributed by atoms with Gasteiger partial charge in [0.2, 0.25) is 5.56 Å². The predicted molar refractivity (Wildman–Crippen MR) is 75.0 cm³/mol. The summed E-state index contributed by atoms with van der Waals surface area (Å²) >= 11 is 9.16. The Balaban J connectivity index is 0.00000180. The quantitative estimate of drug-likeness (QED) is 0.762. The molecule has 3 nitrogen and oxygen atoms in total. The molecule has 97 valence electrons. The molecule has 0 amide bonds. The van der Waals surface area contributed by atoms with E-state index >= 15 is 0 Å². The van der Waals surface area contributed by atoms with Gasteiger partial charge >= 0.3 is 0 Å². The fraction of sp³-hybridized carbons (Fsp3) is 0.154. The average Bonchev–Trinajstić information content (AvgIpc) is 2.33. The first kappa shape index (κ1) is 16.9. The zero-order chi connectivity index (χ0) is 13.3. The van der Waals surface area contributed by atoms with E-state index in [9.17, 15) is 9.90 Å². The molecule has 0 aliphatic carbocycles. The van der Waals surface area contributed by atoms with Crippen molar-refractivity contribution in [2.75, 3.05) is 0 Å². The van der Waals surface area contributed by atoms with Crippen molar-refractivity contribution < 1.29 is 37.8 Å². The van der Waals surface area contributed by atoms with Gasteiger partial charge in [-0.05, 0) is 23.5 Å². The molecule has 1 N–H and O–H groups in total. The number of phenolic OH excluding ortho intramolecular Hbond substituents is 1. The standard InChI is InChI=1S/C13H10BrClNO2.Y/c1-2-16-12(6-5-11(15)13(16)18)9-4-3-8(17)7-10(9)14;/h3-5,7,17H,2H2,1H3;/q-1;. The minimum absolute atomic E-state index is 0. The summed E-state index contributed by atoms with van der Waals surface area (Å²) in [7, 11) is 0. The fourth-order valence-electron chi connectivity index (χ4n) is 1.72. The SMILES string of the molecule is CCn1c(-c2ccc(O)cc2Br)[c-]cc(Cl)c1=O.[Y]. The van der Waals surface area contributed by atoms with E-state index in [1.165, 1.54) is 6.07 Å². The molecule has 2 rings (SSSR count). The summed E-state index contributed by atoms with van der Waals surface area (Å²) < 4.78 is 2.24. The molecule has 0 atom stereocenters. The van der Waals surface area contributed by atoms with Gasteiger partial charge in [-0.2, -0.15) is 23.7 Å². The maximum Gasteiger partial charge on any atom is 0.212 e. The second-order valence-electron chi connectivity index (χ2n) is 3.70. The van der Waals surface area contributed by atoms with E-state index in [0.29, 0.717) is 16.7 Å². The molecule has 1 heterocycles. The number of rotatable bonds is 2. The van der Waals surface area contributed by atoms with Gasteiger partial charge in [-0.15, -0.1) is 6.07 Å². The molecule has 0 fully saturated rings. The minimum atomic E-state index is -0.243. The molecule has 0 spiro atoms. The largest absolute Gasteiger partial charge is 0.508 e. The average molecular weight is 416 g/mol. The van der Waals surface area contributed by atoms with Crippen LogP contribution in [0, 0.1) is 6.07 Å². The first-order valence-electron chi connectivity index (χ1n) is 5.34. The molecule has 19 heavy (non-hydrogen) atoms. The van der Waals surface area contributed by atoms with Crippen molar-refractivity contribution in [3.05, 3.63) is 50.2 Å². The number of pyridine rings is 1. The van der Waals surface area contributed by atoms with Crippen molar-refractivity contribution in [2.24, 2.45) is 0 Å². The van der Waals surface area contributed by atoms with Crippen LogP contribution in [0.3, 0.4) is 0 Å². The van der Waals surface area contributed by atoms with Crippen LogP contribution in [0.4, 0.5) is 0 Å². The number of nitrogens with zero attached hydrogens (tertiary/aromatic N) is 1. The van der Waals surface area contributed by atoms with Crippen LogP contribution in [0.5, 0.6) is 5.75 Å². The molecule has 0 aliphatic rings. The second-order valence-corrected chi connectivity index (χ2v) is 4.96. The van der Waals surface area contributed by atoms with Crippen LogP contribution in [0.1, 0.15) is 6.92 Å². The van der Waals surface area contributed by atoms with E-state index in [-0.39, 0.29) is 49.0 Å². The minimum Gasteiger partial charge on any atom is -0.508 e. The summed E-state index contributed by atoms with van der Waals surface area (Å²) in [6.07, 6.45) is 0. The van der Waals surface area contributed by atoms with Crippen LogP contribution < -0.4 is 5.56 Å². The molecular formula is C13H10BrClNO2Y-. The first-order valence-corrected chi connectivity index (χ1v) is 6.51. The van der Waals surface area contributed by atoms with Gasteiger partial charge in [0.15, 0.2) is 0 Å². The van der Waals surface area contributed by atoms with Crippen molar-refractivity contribution in [1.82, 2.24) is 4.57 Å². The third-order valence-electron chi connectivity index (χ3n) is 2.58. The Labute approximate surface area is 149 Å². The van der Waals surface area contributed by atoms with Crippen LogP contribution in [-0.4, -0.2) is 9.67 Å². The van der Waals surface area contributed by atoms with Gasteiger partial charge in [-0.3, -0.25) is 4.79 Å². The second kappa shape index (κ2) is 7.03. The van der Waals surface area contributed by atoms with E-state index in [1.807, 2.05) is 6.92 Å². The van der Waals surface area contributed by atoms with E-state index in [2.05, 4.69) is 22.0 Å². The molecule has 1 radical (unpaired) electrons. The van der Waals surface area contributed by atoms with Crippen LogP contribution in [0.25, 0.3) is 11.3 Å². The Morgan fingerprint density at radius 3 is 2.74 bits per heavy atom. The summed E-state index contributed by atoms with van der Waals surface area (Å²) in [5.41, 5.74) is 1.18. The summed E-state index contributed by atoms with van der Waals surface area (Å²) in [5, 5.41) is 9.53. The third kappa shape index (κ3) is 3.49. The van der Waals surface area contributed by atoms with Gasteiger partial charge in [-0.1, -0.05) is 27.2 Å². The molecule has 2 aromatic rings. The number of aromatic hydroxyl groups is 1. The number of halogens is 2. The van der Waals surface area contributed by atoms with Crippen molar-refractivity contribution in [1.29, 1.82) is 0 Å². The van der Waals surface area contributed by atoms with Gasteiger partial charge in [0.05, 0.1) is 0 Å². The van der Waals surface area contributed by atoms with Crippen LogP contribution in [0.2, 0.25) is 5.02 Å². The number of hydrogen-bond donors (Lipinski definition) is 1. The Hall–Kier alpha value is -0.156. The Kier molecular flexibility index (Phi) is 6.25. The van der Waals surface area contributed by atoms with Crippen LogP contribution in [-0.2, 0) is 39.3 Å². The summed E-state index contributed by atoms with van der Waals surface area (Å²) in [5.74, 6) is 0.157. The topological polar surface area (TPSA) is 42.2 Å². The maximum absolute atomic E-state index is 11.9. The van der Waals surface area contributed by atoms with Gasteiger partial charge in [0, 0.05) is 44.3 Å². The van der Waals surface area contributed by atoms with E-state index in [0.717, 1.165) is 5.56 Å². The van der Waals surface area contributed by atoms with E-state index < -0.39 is 0 Å². The van der Waals surface area contributed by atoms with Gasteiger partial charge in [-0.25, -0.2) is 0 Å². The monoisotopic (exact) mass is 415 g/mol. The molecule has 6 heteroatoms. The maximum atomic E-state index is 11.9. The number of hydrogen-bond acceptors (Lipinski definition) is 2. The molecular weight excluding hydrogens is 406 g/mol. The van der Waals surface area contributed by atoms with Crippen LogP contribution in [0.15, 0.2) is 33.5 Å². The zero-order valence-electron chi connectivity index (χ0n) is 10.2. The summed E-state index contributed by atoms with van der Waals surface area (Å²) in [4.78, 5) is 11.9. The number of aromatic nitrogens is 1. The fourth-order valence-corrected chi connectivity index (χ4v) is 2.43. The Bertz CT molecular complexity index is 658. The smallest absolute Gasteiger partial charge is 0.212 e. The molecule has 0 unspecified atom stereocenters. The van der Waals surface area contributed by atoms with Crippen molar-refractivity contribution in [3.8, 4) is 17.0 Å². The number of benzene rings is 1.